The molecule has 20 heavy (non-hydrogen) atoms. The standard InChI is InChI=1S/C14H30.H3N.H2O4S/c1-3-5-7-9-11-13-14-12-10-8-6-4-2;;1-5(2,3)4/h3-14H2,1-2H3;1H3;(H2,1,2,3,4). The highest BCUT2D eigenvalue weighted by Crippen LogP contribution is 2.11. The van der Waals surface area contributed by atoms with Crippen molar-refractivity contribution in [1.82, 2.24) is 6.15 Å². The van der Waals surface area contributed by atoms with E-state index in [1.54, 1.807) is 0 Å². The molecule has 0 saturated carbocycles. The van der Waals surface area contributed by atoms with Crippen molar-refractivity contribution in [2.75, 3.05) is 0 Å². The summed E-state index contributed by atoms with van der Waals surface area (Å²) in [6, 6.07) is 0. The minimum Gasteiger partial charge on any atom is -0.344 e. The Morgan fingerprint density at radius 1 is 0.600 bits per heavy atom. The topological polar surface area (TPSA) is 110 Å². The van der Waals surface area contributed by atoms with Crippen molar-refractivity contribution >= 4 is 10.4 Å². The molecule has 0 amide bonds. The third kappa shape index (κ3) is 43.1. The highest BCUT2D eigenvalue weighted by Gasteiger charge is 1.91. The Hall–Kier alpha value is -0.170. The van der Waals surface area contributed by atoms with Gasteiger partial charge in [0, 0.05) is 0 Å². The average Bonchev–Trinajstić information content (AvgIpc) is 2.29. The van der Waals surface area contributed by atoms with Crippen molar-refractivity contribution in [3.63, 3.8) is 0 Å². The van der Waals surface area contributed by atoms with Gasteiger partial charge in [-0.05, 0) is 0 Å². The van der Waals surface area contributed by atoms with E-state index < -0.39 is 10.4 Å². The van der Waals surface area contributed by atoms with E-state index >= 15 is 0 Å². The Morgan fingerprint density at radius 2 is 0.750 bits per heavy atom. The second-order valence-corrected chi connectivity index (χ2v) is 5.88. The fourth-order valence-corrected chi connectivity index (χ4v) is 1.91. The highest BCUT2D eigenvalue weighted by molar-refractivity contribution is 7.79. The predicted octanol–water partition coefficient (Wildman–Crippen LogP) is 5.22. The Kier molecular flexibility index (Phi) is 23.4. The Labute approximate surface area is 125 Å². The molecule has 6 heteroatoms. The molecule has 0 rings (SSSR count). The van der Waals surface area contributed by atoms with Gasteiger partial charge >= 0.3 is 10.4 Å². The molecule has 0 aliphatic carbocycles. The lowest BCUT2D eigenvalue weighted by atomic mass is 10.1. The predicted molar refractivity (Wildman–Crippen MR) is 86.0 cm³/mol. The van der Waals surface area contributed by atoms with Gasteiger partial charge in [0.2, 0.25) is 0 Å². The molecule has 0 saturated heterocycles. The van der Waals surface area contributed by atoms with Crippen LogP contribution in [0.1, 0.15) is 90.9 Å². The third-order valence-corrected chi connectivity index (χ3v) is 2.96. The SMILES string of the molecule is CCCCCCCCCCCCCC.N.O=S(=O)(O)O. The van der Waals surface area contributed by atoms with Crippen LogP contribution >= 0.6 is 0 Å². The molecule has 0 heterocycles. The van der Waals surface area contributed by atoms with Crippen molar-refractivity contribution in [1.29, 1.82) is 0 Å². The molecule has 0 aromatic carbocycles. The van der Waals surface area contributed by atoms with Crippen molar-refractivity contribution in [3.8, 4) is 0 Å². The fourth-order valence-electron chi connectivity index (χ4n) is 1.91. The zero-order valence-corrected chi connectivity index (χ0v) is 14.1. The molecule has 126 valence electrons. The average molecular weight is 314 g/mol. The van der Waals surface area contributed by atoms with Gasteiger partial charge in [0.1, 0.15) is 0 Å². The Balaban J connectivity index is -0.000000414. The fraction of sp³-hybridized carbons (Fsp3) is 1.00. The number of unbranched alkanes of at least 4 members (excludes halogenated alkanes) is 11. The number of hydrogen-bond acceptors (Lipinski definition) is 3. The van der Waals surface area contributed by atoms with Crippen molar-refractivity contribution in [2.45, 2.75) is 90.9 Å². The first kappa shape index (κ1) is 24.8. The molecule has 0 aromatic heterocycles. The monoisotopic (exact) mass is 313 g/mol. The lowest BCUT2D eigenvalue weighted by Gasteiger charge is -2.01. The van der Waals surface area contributed by atoms with Gasteiger partial charge in [-0.2, -0.15) is 8.42 Å². The maximum atomic E-state index is 8.74. The molecule has 0 atom stereocenters. The molecule has 0 aliphatic heterocycles. The summed E-state index contributed by atoms with van der Waals surface area (Å²) in [4.78, 5) is 0. The summed E-state index contributed by atoms with van der Waals surface area (Å²) >= 11 is 0. The molecular weight excluding hydrogens is 278 g/mol. The molecule has 0 spiro atoms. The normalized spacial score (nSPS) is 10.4. The second-order valence-electron chi connectivity index (χ2n) is 4.98. The summed E-state index contributed by atoms with van der Waals surface area (Å²) < 4.78 is 31.6. The van der Waals surface area contributed by atoms with E-state index in [1.807, 2.05) is 0 Å². The van der Waals surface area contributed by atoms with Crippen LogP contribution in [0, 0.1) is 0 Å². The van der Waals surface area contributed by atoms with Crippen LogP contribution in [0.2, 0.25) is 0 Å². The Morgan fingerprint density at radius 3 is 0.900 bits per heavy atom. The molecule has 0 unspecified atom stereocenters. The molecular formula is C14H35NO4S. The number of rotatable bonds is 11. The van der Waals surface area contributed by atoms with E-state index in [2.05, 4.69) is 13.8 Å². The smallest absolute Gasteiger partial charge is 0.344 e. The van der Waals surface area contributed by atoms with Gasteiger partial charge in [-0.15, -0.1) is 0 Å². The van der Waals surface area contributed by atoms with Crippen LogP contribution in [0.3, 0.4) is 0 Å². The van der Waals surface area contributed by atoms with Crippen LogP contribution in [-0.2, 0) is 10.4 Å². The minimum absolute atomic E-state index is 0. The lowest BCUT2D eigenvalue weighted by Crippen LogP contribution is -1.89. The maximum absolute atomic E-state index is 8.74. The quantitative estimate of drug-likeness (QED) is 0.358. The highest BCUT2D eigenvalue weighted by atomic mass is 32.3. The van der Waals surface area contributed by atoms with Crippen LogP contribution < -0.4 is 6.15 Å². The Bertz CT molecular complexity index is 236. The molecule has 5 N–H and O–H groups in total. The van der Waals surface area contributed by atoms with Gasteiger partial charge in [-0.1, -0.05) is 90.9 Å². The van der Waals surface area contributed by atoms with Gasteiger partial charge in [0.05, 0.1) is 0 Å². The summed E-state index contributed by atoms with van der Waals surface area (Å²) in [5.41, 5.74) is 0. The van der Waals surface area contributed by atoms with E-state index in [4.69, 9.17) is 17.5 Å². The zero-order chi connectivity index (χ0) is 15.0. The van der Waals surface area contributed by atoms with Crippen molar-refractivity contribution in [2.24, 2.45) is 0 Å². The largest absolute Gasteiger partial charge is 0.394 e. The second kappa shape index (κ2) is 18.8. The van der Waals surface area contributed by atoms with E-state index in [1.165, 1.54) is 77.0 Å². The maximum Gasteiger partial charge on any atom is 0.394 e. The molecule has 0 radical (unpaired) electrons. The number of hydrogen-bond donors (Lipinski definition) is 3. The zero-order valence-electron chi connectivity index (χ0n) is 13.3. The van der Waals surface area contributed by atoms with Gasteiger partial charge in [0.25, 0.3) is 0 Å². The van der Waals surface area contributed by atoms with Crippen LogP contribution in [-0.4, -0.2) is 17.5 Å². The first-order chi connectivity index (χ1) is 8.91. The summed E-state index contributed by atoms with van der Waals surface area (Å²) in [5, 5.41) is 0. The van der Waals surface area contributed by atoms with E-state index in [0.29, 0.717) is 0 Å². The van der Waals surface area contributed by atoms with Crippen LogP contribution in [0.4, 0.5) is 0 Å². The van der Waals surface area contributed by atoms with Gasteiger partial charge in [-0.25, -0.2) is 0 Å². The van der Waals surface area contributed by atoms with E-state index in [0.717, 1.165) is 0 Å². The van der Waals surface area contributed by atoms with Crippen molar-refractivity contribution in [3.05, 3.63) is 0 Å². The molecule has 0 fully saturated rings. The van der Waals surface area contributed by atoms with Gasteiger partial charge in [0.15, 0.2) is 0 Å². The summed E-state index contributed by atoms with van der Waals surface area (Å²) in [5.74, 6) is 0. The van der Waals surface area contributed by atoms with Crippen molar-refractivity contribution < 1.29 is 17.5 Å². The van der Waals surface area contributed by atoms with Crippen LogP contribution in [0.15, 0.2) is 0 Å². The van der Waals surface area contributed by atoms with E-state index in [-0.39, 0.29) is 6.15 Å². The first-order valence-corrected chi connectivity index (χ1v) is 9.01. The molecule has 0 bridgehead atoms. The third-order valence-electron chi connectivity index (χ3n) is 2.96. The molecule has 5 nitrogen and oxygen atoms in total. The van der Waals surface area contributed by atoms with Gasteiger partial charge in [-0.3, -0.25) is 9.11 Å². The summed E-state index contributed by atoms with van der Waals surface area (Å²) in [7, 11) is -4.67. The van der Waals surface area contributed by atoms with Crippen LogP contribution in [0.5, 0.6) is 0 Å². The van der Waals surface area contributed by atoms with E-state index in [9.17, 15) is 0 Å². The molecule has 0 aliphatic rings. The first-order valence-electron chi connectivity index (χ1n) is 7.61. The minimum atomic E-state index is -4.67. The van der Waals surface area contributed by atoms with Gasteiger partial charge < -0.3 is 6.15 Å². The lowest BCUT2D eigenvalue weighted by molar-refractivity contribution is 0.381. The van der Waals surface area contributed by atoms with Crippen LogP contribution in [0.25, 0.3) is 0 Å². The molecule has 0 aromatic rings. The summed E-state index contributed by atoms with van der Waals surface area (Å²) in [6.45, 7) is 4.57. The summed E-state index contributed by atoms with van der Waals surface area (Å²) in [6.07, 6.45) is 17.4.